The van der Waals surface area contributed by atoms with Crippen molar-refractivity contribution in [2.45, 2.75) is 83.2 Å². The fourth-order valence-corrected chi connectivity index (χ4v) is 7.91. The number of aryl methyl sites for hydroxylation is 1. The van der Waals surface area contributed by atoms with Gasteiger partial charge in [0, 0.05) is 41.5 Å². The molecule has 1 N–H and O–H groups in total. The van der Waals surface area contributed by atoms with E-state index >= 15 is 0 Å². The number of benzene rings is 1. The van der Waals surface area contributed by atoms with Crippen molar-refractivity contribution in [2.75, 3.05) is 25.2 Å². The molecule has 1 fully saturated rings. The molecule has 1 amide bonds. The number of Topliss-reactive ketones (excluding diaryl/α,β-unsaturated/α-hetero) is 2. The van der Waals surface area contributed by atoms with E-state index in [0.29, 0.717) is 30.5 Å². The number of fused-ring (bicyclic) bond motifs is 2. The molecule has 2 aromatic rings. The van der Waals surface area contributed by atoms with E-state index in [1.165, 1.54) is 11.8 Å². The van der Waals surface area contributed by atoms with E-state index in [-0.39, 0.29) is 17.7 Å². The summed E-state index contributed by atoms with van der Waals surface area (Å²) in [5.74, 6) is -0.140. The molecular weight excluding hydrogens is 528 g/mol. The normalized spacial score (nSPS) is 22.7. The summed E-state index contributed by atoms with van der Waals surface area (Å²) in [6.45, 7) is 11.3. The number of carbonyl (C=O) groups is 3. The highest BCUT2D eigenvalue weighted by Crippen LogP contribution is 2.51. The lowest BCUT2D eigenvalue weighted by Crippen LogP contribution is -2.45. The second-order valence-electron chi connectivity index (χ2n) is 12.7. The second-order valence-corrected chi connectivity index (χ2v) is 19.4. The van der Waals surface area contributed by atoms with Crippen molar-refractivity contribution in [1.82, 2.24) is 5.32 Å². The van der Waals surface area contributed by atoms with Crippen molar-refractivity contribution in [3.05, 3.63) is 34.2 Å². The van der Waals surface area contributed by atoms with E-state index in [1.807, 2.05) is 12.1 Å². The van der Waals surface area contributed by atoms with Crippen LogP contribution in [0.1, 0.15) is 60.3 Å². The van der Waals surface area contributed by atoms with Gasteiger partial charge in [-0.1, -0.05) is 19.6 Å². The molecule has 0 spiro atoms. The number of ketones is 2. The molecule has 1 aromatic heterocycles. The van der Waals surface area contributed by atoms with Crippen LogP contribution in [0.5, 0.6) is 5.75 Å². The third kappa shape index (κ3) is 5.52. The number of carbonyl (C=O) groups excluding carboxylic acids is 3. The molecule has 1 aliphatic heterocycles. The van der Waals surface area contributed by atoms with Gasteiger partial charge in [-0.3, -0.25) is 9.59 Å². The number of thiophene rings is 1. The van der Waals surface area contributed by atoms with E-state index < -0.39 is 19.5 Å². The largest absolute Gasteiger partial charge is 0.494 e. The molecule has 9 heteroatoms. The van der Waals surface area contributed by atoms with Crippen LogP contribution in [0, 0.1) is 5.92 Å². The number of amides is 1. The third-order valence-electron chi connectivity index (χ3n) is 8.28. The van der Waals surface area contributed by atoms with Gasteiger partial charge in [-0.15, -0.1) is 11.3 Å². The fraction of sp³-hybridized carbons (Fsp3) is 0.567. The molecule has 2 heterocycles. The van der Waals surface area contributed by atoms with Crippen LogP contribution in [0.3, 0.4) is 0 Å². The van der Waals surface area contributed by atoms with Gasteiger partial charge >= 0.3 is 6.09 Å². The average molecular weight is 569 g/mol. The molecule has 2 aliphatic carbocycles. The van der Waals surface area contributed by atoms with Crippen molar-refractivity contribution < 1.29 is 23.9 Å². The zero-order valence-corrected chi connectivity index (χ0v) is 25.8. The minimum absolute atomic E-state index is 0.0870. The predicted molar refractivity (Wildman–Crippen MR) is 158 cm³/mol. The quantitative estimate of drug-likeness (QED) is 0.293. The van der Waals surface area contributed by atoms with Crippen molar-refractivity contribution in [3.63, 3.8) is 0 Å². The smallest absolute Gasteiger partial charge is 0.407 e. The summed E-state index contributed by atoms with van der Waals surface area (Å²) in [5.41, 5.74) is 2.95. The predicted octanol–water partition coefficient (Wildman–Crippen LogP) is 6.41. The average Bonchev–Trinajstić information content (AvgIpc) is 3.60. The molecular formula is C30H40N2O5SSi. The van der Waals surface area contributed by atoms with Gasteiger partial charge in [0.2, 0.25) is 0 Å². The number of alkyl carbamates (subject to hydrolysis) is 1. The third-order valence-corrected chi connectivity index (χ3v) is 11.2. The van der Waals surface area contributed by atoms with Crippen LogP contribution in [0.2, 0.25) is 25.7 Å². The summed E-state index contributed by atoms with van der Waals surface area (Å²) in [6.07, 6.45) is 4.53. The lowest BCUT2D eigenvalue weighted by atomic mass is 9.81. The van der Waals surface area contributed by atoms with Gasteiger partial charge in [-0.2, -0.15) is 0 Å². The van der Waals surface area contributed by atoms with Crippen LogP contribution in [0.25, 0.3) is 10.4 Å². The van der Waals surface area contributed by atoms with E-state index in [0.717, 1.165) is 59.8 Å². The molecule has 5 rings (SSSR count). The van der Waals surface area contributed by atoms with Crippen LogP contribution in [-0.4, -0.2) is 52.0 Å². The number of methoxy groups -OCH3 is 1. The molecule has 3 aliphatic rings. The lowest BCUT2D eigenvalue weighted by Gasteiger charge is -2.36. The minimum atomic E-state index is -1.29. The number of hydrogen-bond donors (Lipinski definition) is 1. The van der Waals surface area contributed by atoms with Gasteiger partial charge in [-0.05, 0) is 75.8 Å². The van der Waals surface area contributed by atoms with Gasteiger partial charge < -0.3 is 19.7 Å². The zero-order valence-electron chi connectivity index (χ0n) is 23.9. The second kappa shape index (κ2) is 10.4. The van der Waals surface area contributed by atoms with Crippen LogP contribution in [0.4, 0.5) is 10.5 Å². The Hall–Kier alpha value is -2.65. The maximum Gasteiger partial charge on any atom is 0.407 e. The van der Waals surface area contributed by atoms with E-state index in [4.69, 9.17) is 9.47 Å². The Morgan fingerprint density at radius 1 is 1.21 bits per heavy atom. The summed E-state index contributed by atoms with van der Waals surface area (Å²) < 4.78 is 11.6. The van der Waals surface area contributed by atoms with Crippen molar-refractivity contribution in [2.24, 2.45) is 5.92 Å². The minimum Gasteiger partial charge on any atom is -0.494 e. The summed E-state index contributed by atoms with van der Waals surface area (Å²) in [6, 6.07) is 7.27. The Kier molecular flexibility index (Phi) is 7.43. The van der Waals surface area contributed by atoms with Crippen LogP contribution < -0.4 is 15.0 Å². The summed E-state index contributed by atoms with van der Waals surface area (Å²) in [7, 11) is 0.369. The van der Waals surface area contributed by atoms with Crippen molar-refractivity contribution in [3.8, 4) is 16.2 Å². The molecule has 2 unspecified atom stereocenters. The van der Waals surface area contributed by atoms with Gasteiger partial charge in [0.25, 0.3) is 0 Å². The first-order valence-corrected chi connectivity index (χ1v) is 18.5. The molecule has 39 heavy (non-hydrogen) atoms. The fourth-order valence-electron chi connectivity index (χ4n) is 5.84. The highest BCUT2D eigenvalue weighted by molar-refractivity contribution is 7.15. The maximum absolute atomic E-state index is 13.3. The Balaban J connectivity index is 1.47. The number of rotatable bonds is 8. The SMILES string of the molecule is COc1c(-c2cc3c(s2)CCCC3(C)NC(=O)OCC[Si](C)(C)C)ccc2c1N(C1CC1)CC(C(C)=O)C2=O. The Labute approximate surface area is 236 Å². The topological polar surface area (TPSA) is 84.9 Å². The van der Waals surface area contributed by atoms with Crippen LogP contribution in [0.15, 0.2) is 18.2 Å². The van der Waals surface area contributed by atoms with E-state index in [2.05, 4.69) is 42.8 Å². The monoisotopic (exact) mass is 568 g/mol. The lowest BCUT2D eigenvalue weighted by molar-refractivity contribution is -0.119. The first-order valence-electron chi connectivity index (χ1n) is 14.0. The molecule has 210 valence electrons. The van der Waals surface area contributed by atoms with Gasteiger partial charge in [-0.25, -0.2) is 4.79 Å². The van der Waals surface area contributed by atoms with Crippen molar-refractivity contribution in [1.29, 1.82) is 0 Å². The van der Waals surface area contributed by atoms with E-state index in [1.54, 1.807) is 18.4 Å². The number of ether oxygens (including phenoxy) is 2. The molecule has 0 radical (unpaired) electrons. The standard InChI is InChI=1S/C30H40N2O5SSi/c1-18(33)22-17-32(19-9-10-19)26-21(27(22)34)12-11-20(28(26)36-3)25-16-23-24(38-25)8-7-13-30(23,2)31-29(35)37-14-15-39(4,5)6/h11-12,16,19,22H,7-10,13-15,17H2,1-6H3,(H,31,35). The molecule has 2 atom stereocenters. The maximum atomic E-state index is 13.3. The van der Waals surface area contributed by atoms with Crippen LogP contribution >= 0.6 is 11.3 Å². The van der Waals surface area contributed by atoms with Crippen LogP contribution in [-0.2, 0) is 21.5 Å². The van der Waals surface area contributed by atoms with Gasteiger partial charge in [0.15, 0.2) is 11.5 Å². The molecule has 0 bridgehead atoms. The Morgan fingerprint density at radius 2 is 1.92 bits per heavy atom. The molecule has 1 aromatic carbocycles. The molecule has 1 saturated carbocycles. The highest BCUT2D eigenvalue weighted by atomic mass is 32.1. The number of anilines is 1. The number of nitrogens with one attached hydrogen (secondary N) is 1. The Bertz CT molecular complexity index is 1310. The summed E-state index contributed by atoms with van der Waals surface area (Å²) in [5, 5.41) is 3.18. The summed E-state index contributed by atoms with van der Waals surface area (Å²) in [4.78, 5) is 42.9. The van der Waals surface area contributed by atoms with Gasteiger partial charge in [0.1, 0.15) is 5.78 Å². The number of nitrogens with zero attached hydrogens (tertiary/aromatic N) is 1. The summed E-state index contributed by atoms with van der Waals surface area (Å²) >= 11 is 1.73. The van der Waals surface area contributed by atoms with Crippen molar-refractivity contribution >= 4 is 42.8 Å². The van der Waals surface area contributed by atoms with E-state index in [9.17, 15) is 14.4 Å². The molecule has 7 nitrogen and oxygen atoms in total. The van der Waals surface area contributed by atoms with Gasteiger partial charge in [0.05, 0.1) is 30.9 Å². The number of hydrogen-bond acceptors (Lipinski definition) is 7. The highest BCUT2D eigenvalue weighted by Gasteiger charge is 2.43. The Morgan fingerprint density at radius 3 is 2.56 bits per heavy atom. The molecule has 0 saturated heterocycles. The zero-order chi connectivity index (χ0) is 28.1. The first kappa shape index (κ1) is 27.9. The first-order chi connectivity index (χ1) is 18.4.